The van der Waals surface area contributed by atoms with Crippen LogP contribution in [-0.2, 0) is 0 Å². The highest BCUT2D eigenvalue weighted by atomic mass is 16.5. The number of ether oxygens (including phenoxy) is 2. The van der Waals surface area contributed by atoms with Crippen LogP contribution in [0.2, 0.25) is 0 Å². The van der Waals surface area contributed by atoms with E-state index in [1.54, 1.807) is 56.7 Å². The maximum atomic E-state index is 12.3. The van der Waals surface area contributed by atoms with E-state index in [1.807, 2.05) is 6.07 Å². The van der Waals surface area contributed by atoms with Gasteiger partial charge in [0, 0.05) is 24.1 Å². The average molecular weight is 375 g/mol. The number of benzene rings is 2. The minimum atomic E-state index is -0.349. The van der Waals surface area contributed by atoms with Crippen molar-refractivity contribution in [1.29, 1.82) is 5.26 Å². The number of nitrogens with zero attached hydrogens (tertiary/aromatic N) is 3. The molecule has 8 heteroatoms. The van der Waals surface area contributed by atoms with Crippen LogP contribution in [0.3, 0.4) is 0 Å². The van der Waals surface area contributed by atoms with Gasteiger partial charge < -0.3 is 20.1 Å². The third-order valence-electron chi connectivity index (χ3n) is 3.84. The summed E-state index contributed by atoms with van der Waals surface area (Å²) in [6.07, 6.45) is 2.84. The number of hydrogen-bond acceptors (Lipinski definition) is 7. The predicted octanol–water partition coefficient (Wildman–Crippen LogP) is 3.36. The highest BCUT2D eigenvalue weighted by Crippen LogP contribution is 2.30. The van der Waals surface area contributed by atoms with Gasteiger partial charge in [-0.1, -0.05) is 0 Å². The molecule has 8 nitrogen and oxygen atoms in total. The molecule has 0 saturated carbocycles. The van der Waals surface area contributed by atoms with Crippen LogP contribution in [0.5, 0.6) is 11.5 Å². The molecule has 1 amide bonds. The summed E-state index contributed by atoms with van der Waals surface area (Å²) in [6.45, 7) is 0. The Labute approximate surface area is 161 Å². The molecule has 0 atom stereocenters. The van der Waals surface area contributed by atoms with E-state index >= 15 is 0 Å². The van der Waals surface area contributed by atoms with Gasteiger partial charge in [0.05, 0.1) is 37.1 Å². The summed E-state index contributed by atoms with van der Waals surface area (Å²) in [5.74, 6) is 1.21. The zero-order valence-corrected chi connectivity index (χ0v) is 15.3. The lowest BCUT2D eigenvalue weighted by atomic mass is 10.2. The lowest BCUT2D eigenvalue weighted by Gasteiger charge is -2.11. The molecule has 0 unspecified atom stereocenters. The van der Waals surface area contributed by atoms with Crippen LogP contribution in [0, 0.1) is 11.3 Å². The number of amides is 1. The van der Waals surface area contributed by atoms with Crippen LogP contribution in [-0.4, -0.2) is 30.1 Å². The number of carbonyl (C=O) groups is 1. The highest BCUT2D eigenvalue weighted by Gasteiger charge is 2.10. The molecular weight excluding hydrogens is 358 g/mol. The monoisotopic (exact) mass is 375 g/mol. The second-order valence-electron chi connectivity index (χ2n) is 5.63. The zero-order chi connectivity index (χ0) is 19.9. The van der Waals surface area contributed by atoms with Crippen LogP contribution in [0.15, 0.2) is 54.9 Å². The lowest BCUT2D eigenvalue weighted by Crippen LogP contribution is -2.13. The number of methoxy groups -OCH3 is 2. The van der Waals surface area contributed by atoms with Crippen LogP contribution < -0.4 is 20.1 Å². The molecule has 3 aromatic rings. The van der Waals surface area contributed by atoms with Gasteiger partial charge in [0.15, 0.2) is 0 Å². The summed E-state index contributed by atoms with van der Waals surface area (Å²) < 4.78 is 10.5. The molecule has 2 aromatic carbocycles. The molecule has 0 fully saturated rings. The normalized spacial score (nSPS) is 9.89. The maximum absolute atomic E-state index is 12.3. The summed E-state index contributed by atoms with van der Waals surface area (Å²) in [6, 6.07) is 13.9. The van der Waals surface area contributed by atoms with Crippen molar-refractivity contribution < 1.29 is 14.3 Å². The van der Waals surface area contributed by atoms with Gasteiger partial charge in [0.2, 0.25) is 5.95 Å². The third-order valence-corrected chi connectivity index (χ3v) is 3.84. The first-order valence-electron chi connectivity index (χ1n) is 8.25. The van der Waals surface area contributed by atoms with E-state index in [-0.39, 0.29) is 5.91 Å². The molecule has 0 aliphatic rings. The fraction of sp³-hybridized carbons (Fsp3) is 0.100. The quantitative estimate of drug-likeness (QED) is 0.680. The van der Waals surface area contributed by atoms with Crippen LogP contribution in [0.1, 0.15) is 15.9 Å². The predicted molar refractivity (Wildman–Crippen MR) is 104 cm³/mol. The van der Waals surface area contributed by atoms with Crippen LogP contribution >= 0.6 is 0 Å². The topological polar surface area (TPSA) is 109 Å². The second kappa shape index (κ2) is 8.51. The first-order valence-corrected chi connectivity index (χ1v) is 8.25. The summed E-state index contributed by atoms with van der Waals surface area (Å²) >= 11 is 0. The van der Waals surface area contributed by atoms with Crippen LogP contribution in [0.4, 0.5) is 17.3 Å². The van der Waals surface area contributed by atoms with Crippen molar-refractivity contribution in [3.63, 3.8) is 0 Å². The Morgan fingerprint density at radius 2 is 1.75 bits per heavy atom. The van der Waals surface area contributed by atoms with Gasteiger partial charge in [-0.05, 0) is 36.4 Å². The van der Waals surface area contributed by atoms with Crippen molar-refractivity contribution in [2.45, 2.75) is 0 Å². The van der Waals surface area contributed by atoms with E-state index in [9.17, 15) is 4.79 Å². The molecule has 0 bridgehead atoms. The summed E-state index contributed by atoms with van der Waals surface area (Å²) in [5.41, 5.74) is 2.06. The van der Waals surface area contributed by atoms with Crippen molar-refractivity contribution in [2.75, 3.05) is 24.9 Å². The minimum Gasteiger partial charge on any atom is -0.497 e. The summed E-state index contributed by atoms with van der Waals surface area (Å²) in [7, 11) is 3.13. The molecule has 3 rings (SSSR count). The van der Waals surface area contributed by atoms with E-state index < -0.39 is 0 Å². The van der Waals surface area contributed by atoms with Gasteiger partial charge >= 0.3 is 0 Å². The van der Waals surface area contributed by atoms with E-state index in [0.717, 1.165) is 0 Å². The molecule has 2 N–H and O–H groups in total. The number of nitriles is 1. The minimum absolute atomic E-state index is 0.302. The Hall–Kier alpha value is -4.12. The van der Waals surface area contributed by atoms with Gasteiger partial charge in [-0.25, -0.2) is 9.97 Å². The number of hydrogen-bond donors (Lipinski definition) is 2. The smallest absolute Gasteiger partial charge is 0.258 e. The molecular formula is C20H17N5O3. The average Bonchev–Trinajstić information content (AvgIpc) is 2.75. The summed E-state index contributed by atoms with van der Waals surface area (Å²) in [5, 5.41) is 14.6. The fourth-order valence-electron chi connectivity index (χ4n) is 2.36. The Bertz CT molecular complexity index is 1010. The standard InChI is InChI=1S/C20H17N5O3/c1-27-16-7-8-17(18(9-16)28-2)25-20-22-11-14(12-23-20)19(26)24-15-5-3-13(10-21)4-6-15/h3-9,11-12H,1-2H3,(H,24,26)(H,22,23,25). The Morgan fingerprint density at radius 3 is 2.36 bits per heavy atom. The van der Waals surface area contributed by atoms with Crippen molar-refractivity contribution in [1.82, 2.24) is 9.97 Å². The van der Waals surface area contributed by atoms with Crippen molar-refractivity contribution in [2.24, 2.45) is 0 Å². The SMILES string of the molecule is COc1ccc(Nc2ncc(C(=O)Nc3ccc(C#N)cc3)cn2)c(OC)c1. The molecule has 0 radical (unpaired) electrons. The van der Waals surface area contributed by atoms with E-state index in [0.29, 0.717) is 39.9 Å². The molecule has 0 aliphatic carbocycles. The summed E-state index contributed by atoms with van der Waals surface area (Å²) in [4.78, 5) is 20.6. The molecule has 1 heterocycles. The van der Waals surface area contributed by atoms with Crippen molar-refractivity contribution >= 4 is 23.2 Å². The fourth-order valence-corrected chi connectivity index (χ4v) is 2.36. The number of anilines is 3. The lowest BCUT2D eigenvalue weighted by molar-refractivity contribution is 0.102. The largest absolute Gasteiger partial charge is 0.497 e. The number of aromatic nitrogens is 2. The molecule has 0 saturated heterocycles. The molecule has 0 aliphatic heterocycles. The highest BCUT2D eigenvalue weighted by molar-refractivity contribution is 6.03. The zero-order valence-electron chi connectivity index (χ0n) is 15.3. The first-order chi connectivity index (χ1) is 13.6. The van der Waals surface area contributed by atoms with E-state index in [1.165, 1.54) is 12.4 Å². The number of nitrogens with one attached hydrogen (secondary N) is 2. The Kier molecular flexibility index (Phi) is 5.67. The van der Waals surface area contributed by atoms with Gasteiger partial charge in [0.1, 0.15) is 11.5 Å². The molecule has 28 heavy (non-hydrogen) atoms. The van der Waals surface area contributed by atoms with E-state index in [4.69, 9.17) is 14.7 Å². The maximum Gasteiger partial charge on any atom is 0.258 e. The molecule has 1 aromatic heterocycles. The van der Waals surface area contributed by atoms with E-state index in [2.05, 4.69) is 20.6 Å². The number of carbonyl (C=O) groups excluding carboxylic acids is 1. The van der Waals surface area contributed by atoms with Gasteiger partial charge in [-0.2, -0.15) is 5.26 Å². The third kappa shape index (κ3) is 4.34. The Balaban J connectivity index is 1.69. The molecule has 0 spiro atoms. The van der Waals surface area contributed by atoms with Crippen LogP contribution in [0.25, 0.3) is 0 Å². The van der Waals surface area contributed by atoms with Gasteiger partial charge in [-0.3, -0.25) is 4.79 Å². The number of rotatable bonds is 6. The van der Waals surface area contributed by atoms with Gasteiger partial charge in [0.25, 0.3) is 5.91 Å². The molecule has 140 valence electrons. The Morgan fingerprint density at radius 1 is 1.04 bits per heavy atom. The van der Waals surface area contributed by atoms with Crippen molar-refractivity contribution in [3.05, 3.63) is 66.0 Å². The van der Waals surface area contributed by atoms with Gasteiger partial charge in [-0.15, -0.1) is 0 Å². The second-order valence-corrected chi connectivity index (χ2v) is 5.63. The van der Waals surface area contributed by atoms with Crippen molar-refractivity contribution in [3.8, 4) is 17.6 Å². The first kappa shape index (κ1) is 18.7.